The molecule has 3 N–H and O–H groups in total. The molecule has 0 saturated carbocycles. The third-order valence-electron chi connectivity index (χ3n) is 4.73. The molecule has 0 unspecified atom stereocenters. The number of amides is 2. The van der Waals surface area contributed by atoms with E-state index in [1.807, 2.05) is 6.92 Å². The maximum atomic E-state index is 13.0. The molecule has 2 amide bonds. The SMILES string of the molecule is CCCc1c(C(=O)Nc2cccc(NC(=O)c3ccncc3)c2)[nH]c(C)c1C(=O)OC. The van der Waals surface area contributed by atoms with E-state index in [-0.39, 0.29) is 11.8 Å². The van der Waals surface area contributed by atoms with Crippen LogP contribution >= 0.6 is 0 Å². The number of nitrogens with one attached hydrogen (secondary N) is 3. The monoisotopic (exact) mass is 420 g/mol. The molecule has 0 aliphatic rings. The zero-order valence-electron chi connectivity index (χ0n) is 17.6. The average Bonchev–Trinajstić information content (AvgIpc) is 3.10. The summed E-state index contributed by atoms with van der Waals surface area (Å²) in [7, 11) is 1.32. The number of nitrogens with zero attached hydrogens (tertiary/aromatic N) is 1. The van der Waals surface area contributed by atoms with Crippen LogP contribution in [0.4, 0.5) is 11.4 Å². The van der Waals surface area contributed by atoms with Crippen molar-refractivity contribution in [2.45, 2.75) is 26.7 Å². The molecule has 0 fully saturated rings. The van der Waals surface area contributed by atoms with Crippen molar-refractivity contribution < 1.29 is 19.1 Å². The number of hydrogen-bond donors (Lipinski definition) is 3. The third-order valence-corrected chi connectivity index (χ3v) is 4.73. The Morgan fingerprint density at radius 2 is 1.68 bits per heavy atom. The molecule has 0 aliphatic heterocycles. The Hall–Kier alpha value is -3.94. The summed E-state index contributed by atoms with van der Waals surface area (Å²) < 4.78 is 4.87. The molecule has 0 radical (unpaired) electrons. The average molecular weight is 420 g/mol. The number of carbonyl (C=O) groups is 3. The van der Waals surface area contributed by atoms with Crippen molar-refractivity contribution in [3.63, 3.8) is 0 Å². The van der Waals surface area contributed by atoms with Gasteiger partial charge in [-0.2, -0.15) is 0 Å². The van der Waals surface area contributed by atoms with E-state index in [1.54, 1.807) is 55.7 Å². The molecule has 0 saturated heterocycles. The van der Waals surface area contributed by atoms with E-state index in [0.717, 1.165) is 6.42 Å². The van der Waals surface area contributed by atoms with E-state index in [9.17, 15) is 14.4 Å². The standard InChI is InChI=1S/C23H24N4O4/c1-4-6-18-19(23(30)31-3)14(2)25-20(18)22(29)27-17-8-5-7-16(13-17)26-21(28)15-9-11-24-12-10-15/h5,7-13,25H,4,6H2,1-3H3,(H,26,28)(H,27,29). The van der Waals surface area contributed by atoms with Gasteiger partial charge in [0.1, 0.15) is 5.69 Å². The van der Waals surface area contributed by atoms with Gasteiger partial charge in [-0.05, 0) is 49.2 Å². The molecule has 0 bridgehead atoms. The molecular formula is C23H24N4O4. The zero-order valence-corrected chi connectivity index (χ0v) is 17.6. The van der Waals surface area contributed by atoms with E-state index in [2.05, 4.69) is 20.6 Å². The molecule has 160 valence electrons. The summed E-state index contributed by atoms with van der Waals surface area (Å²) in [6.07, 6.45) is 4.40. The van der Waals surface area contributed by atoms with E-state index >= 15 is 0 Å². The minimum Gasteiger partial charge on any atom is -0.465 e. The Labute approximate surface area is 180 Å². The molecule has 2 aromatic heterocycles. The van der Waals surface area contributed by atoms with Crippen LogP contribution in [0.15, 0.2) is 48.8 Å². The highest BCUT2D eigenvalue weighted by Crippen LogP contribution is 2.23. The number of methoxy groups -OCH3 is 1. The highest BCUT2D eigenvalue weighted by Gasteiger charge is 2.24. The lowest BCUT2D eigenvalue weighted by atomic mass is 10.0. The summed E-state index contributed by atoms with van der Waals surface area (Å²) in [6.45, 7) is 3.71. The van der Waals surface area contributed by atoms with Crippen molar-refractivity contribution in [3.8, 4) is 0 Å². The summed E-state index contributed by atoms with van der Waals surface area (Å²) in [5, 5.41) is 5.62. The second kappa shape index (κ2) is 9.71. The van der Waals surface area contributed by atoms with Crippen molar-refractivity contribution >= 4 is 29.2 Å². The normalized spacial score (nSPS) is 10.4. The number of rotatable bonds is 7. The van der Waals surface area contributed by atoms with Crippen LogP contribution in [0.3, 0.4) is 0 Å². The van der Waals surface area contributed by atoms with Crippen LogP contribution in [-0.4, -0.2) is 34.9 Å². The number of H-pyrrole nitrogens is 1. The predicted molar refractivity (Wildman–Crippen MR) is 117 cm³/mol. The smallest absolute Gasteiger partial charge is 0.339 e. The Morgan fingerprint density at radius 3 is 2.29 bits per heavy atom. The highest BCUT2D eigenvalue weighted by atomic mass is 16.5. The summed E-state index contributed by atoms with van der Waals surface area (Å²) in [5.41, 5.74) is 3.45. The minimum absolute atomic E-state index is 0.279. The van der Waals surface area contributed by atoms with Crippen molar-refractivity contribution in [3.05, 3.63) is 76.9 Å². The van der Waals surface area contributed by atoms with Crippen LogP contribution in [-0.2, 0) is 11.2 Å². The first-order chi connectivity index (χ1) is 14.9. The summed E-state index contributed by atoms with van der Waals surface area (Å²) in [5.74, 6) is -1.13. The van der Waals surface area contributed by atoms with Gasteiger partial charge in [-0.15, -0.1) is 0 Å². The van der Waals surface area contributed by atoms with E-state index in [4.69, 9.17) is 4.74 Å². The quantitative estimate of drug-likeness (QED) is 0.501. The van der Waals surface area contributed by atoms with Crippen LogP contribution < -0.4 is 10.6 Å². The second-order valence-corrected chi connectivity index (χ2v) is 6.95. The maximum absolute atomic E-state index is 13.0. The molecule has 8 heteroatoms. The largest absolute Gasteiger partial charge is 0.465 e. The fraction of sp³-hybridized carbons (Fsp3) is 0.217. The van der Waals surface area contributed by atoms with Crippen LogP contribution in [0, 0.1) is 6.92 Å². The number of anilines is 2. The first-order valence-corrected chi connectivity index (χ1v) is 9.87. The number of aromatic nitrogens is 2. The van der Waals surface area contributed by atoms with Crippen LogP contribution in [0.5, 0.6) is 0 Å². The maximum Gasteiger partial charge on any atom is 0.339 e. The van der Waals surface area contributed by atoms with Gasteiger partial charge in [0.2, 0.25) is 0 Å². The zero-order chi connectivity index (χ0) is 22.4. The molecule has 0 atom stereocenters. The van der Waals surface area contributed by atoms with Gasteiger partial charge in [-0.1, -0.05) is 19.4 Å². The molecule has 3 aromatic rings. The van der Waals surface area contributed by atoms with Crippen LogP contribution in [0.1, 0.15) is 55.8 Å². The van der Waals surface area contributed by atoms with Crippen LogP contribution in [0.2, 0.25) is 0 Å². The van der Waals surface area contributed by atoms with Gasteiger partial charge in [0.25, 0.3) is 11.8 Å². The Balaban J connectivity index is 1.80. The number of carbonyl (C=O) groups excluding carboxylic acids is 3. The van der Waals surface area contributed by atoms with Crippen molar-refractivity contribution in [2.75, 3.05) is 17.7 Å². The summed E-state index contributed by atoms with van der Waals surface area (Å²) in [6, 6.07) is 10.1. The lowest BCUT2D eigenvalue weighted by Gasteiger charge is -2.10. The van der Waals surface area contributed by atoms with E-state index in [1.165, 1.54) is 7.11 Å². The fourth-order valence-electron chi connectivity index (χ4n) is 3.32. The lowest BCUT2D eigenvalue weighted by Crippen LogP contribution is -2.16. The molecule has 2 heterocycles. The molecule has 0 spiro atoms. The minimum atomic E-state index is -0.475. The van der Waals surface area contributed by atoms with Gasteiger partial charge >= 0.3 is 5.97 Å². The second-order valence-electron chi connectivity index (χ2n) is 6.95. The number of hydrogen-bond acceptors (Lipinski definition) is 5. The lowest BCUT2D eigenvalue weighted by molar-refractivity contribution is 0.0598. The van der Waals surface area contributed by atoms with Crippen molar-refractivity contribution in [1.29, 1.82) is 0 Å². The number of benzene rings is 1. The molecule has 0 aliphatic carbocycles. The van der Waals surface area contributed by atoms with Crippen molar-refractivity contribution in [1.82, 2.24) is 9.97 Å². The van der Waals surface area contributed by atoms with E-state index in [0.29, 0.717) is 45.9 Å². The number of esters is 1. The summed E-state index contributed by atoms with van der Waals surface area (Å²) >= 11 is 0. The molecule has 1 aromatic carbocycles. The Bertz CT molecular complexity index is 1110. The molecule has 31 heavy (non-hydrogen) atoms. The van der Waals surface area contributed by atoms with Gasteiger partial charge in [0.15, 0.2) is 0 Å². The van der Waals surface area contributed by atoms with Gasteiger partial charge < -0.3 is 20.4 Å². The van der Waals surface area contributed by atoms with Crippen LogP contribution in [0.25, 0.3) is 0 Å². The van der Waals surface area contributed by atoms with E-state index < -0.39 is 5.97 Å². The van der Waals surface area contributed by atoms with Gasteiger partial charge in [0, 0.05) is 35.0 Å². The molecular weight excluding hydrogens is 396 g/mol. The Kier molecular flexibility index (Phi) is 6.81. The van der Waals surface area contributed by atoms with Gasteiger partial charge in [-0.3, -0.25) is 14.6 Å². The molecule has 3 rings (SSSR count). The topological polar surface area (TPSA) is 113 Å². The highest BCUT2D eigenvalue weighted by molar-refractivity contribution is 6.08. The van der Waals surface area contributed by atoms with Crippen molar-refractivity contribution in [2.24, 2.45) is 0 Å². The number of pyridine rings is 1. The summed E-state index contributed by atoms with van der Waals surface area (Å²) in [4.78, 5) is 44.4. The van der Waals surface area contributed by atoms with Gasteiger partial charge in [0.05, 0.1) is 12.7 Å². The fourth-order valence-corrected chi connectivity index (χ4v) is 3.32. The van der Waals surface area contributed by atoms with Gasteiger partial charge in [-0.25, -0.2) is 4.79 Å². The number of aromatic amines is 1. The third kappa shape index (κ3) is 4.98. The number of ether oxygens (including phenoxy) is 1. The Morgan fingerprint density at radius 1 is 1.03 bits per heavy atom. The number of aryl methyl sites for hydroxylation is 1. The first kappa shape index (κ1) is 21.8. The molecule has 8 nitrogen and oxygen atoms in total. The predicted octanol–water partition coefficient (Wildman–Crippen LogP) is 3.96. The first-order valence-electron chi connectivity index (χ1n) is 9.87.